The molecular weight excluding hydrogens is 210 g/mol. The Labute approximate surface area is 92.2 Å². The SMILES string of the molecule is C=C(C(C)=O)[C@@H](O)c1cccc([N+](=O)[O-])c1. The van der Waals surface area contributed by atoms with Crippen molar-refractivity contribution in [2.75, 3.05) is 0 Å². The van der Waals surface area contributed by atoms with Gasteiger partial charge in [-0.05, 0) is 12.5 Å². The fourth-order valence-corrected chi connectivity index (χ4v) is 1.20. The fourth-order valence-electron chi connectivity index (χ4n) is 1.20. The Balaban J connectivity index is 3.05. The smallest absolute Gasteiger partial charge is 0.269 e. The Bertz CT molecular complexity index is 453. The van der Waals surface area contributed by atoms with Crippen LogP contribution in [0, 0.1) is 10.1 Å². The van der Waals surface area contributed by atoms with Crippen molar-refractivity contribution in [1.82, 2.24) is 0 Å². The number of nitro groups is 1. The molecule has 1 atom stereocenters. The van der Waals surface area contributed by atoms with Gasteiger partial charge in [0.15, 0.2) is 5.78 Å². The number of rotatable bonds is 4. The normalized spacial score (nSPS) is 11.9. The number of hydrogen-bond acceptors (Lipinski definition) is 4. The van der Waals surface area contributed by atoms with Crippen molar-refractivity contribution < 1.29 is 14.8 Å². The number of carbonyl (C=O) groups is 1. The van der Waals surface area contributed by atoms with E-state index in [1.54, 1.807) is 0 Å². The summed E-state index contributed by atoms with van der Waals surface area (Å²) in [6.07, 6.45) is -1.20. The van der Waals surface area contributed by atoms with Crippen LogP contribution in [0.5, 0.6) is 0 Å². The van der Waals surface area contributed by atoms with Crippen molar-refractivity contribution in [3.05, 3.63) is 52.1 Å². The maximum Gasteiger partial charge on any atom is 0.269 e. The van der Waals surface area contributed by atoms with Gasteiger partial charge in [0.2, 0.25) is 0 Å². The first-order chi connectivity index (χ1) is 7.43. The summed E-state index contributed by atoms with van der Waals surface area (Å²) in [6.45, 7) is 4.72. The second-order valence-corrected chi connectivity index (χ2v) is 3.34. The van der Waals surface area contributed by atoms with Gasteiger partial charge in [-0.1, -0.05) is 18.7 Å². The largest absolute Gasteiger partial charge is 0.384 e. The van der Waals surface area contributed by atoms with E-state index in [-0.39, 0.29) is 22.6 Å². The van der Waals surface area contributed by atoms with Crippen molar-refractivity contribution in [2.45, 2.75) is 13.0 Å². The quantitative estimate of drug-likeness (QED) is 0.477. The minimum absolute atomic E-state index is 0.0143. The van der Waals surface area contributed by atoms with Gasteiger partial charge in [-0.3, -0.25) is 14.9 Å². The third-order valence-corrected chi connectivity index (χ3v) is 2.18. The summed E-state index contributed by atoms with van der Waals surface area (Å²) in [4.78, 5) is 20.9. The molecule has 0 aromatic heterocycles. The molecule has 0 saturated heterocycles. The zero-order chi connectivity index (χ0) is 12.3. The maximum absolute atomic E-state index is 11.0. The fraction of sp³-hybridized carbons (Fsp3) is 0.182. The van der Waals surface area contributed by atoms with Gasteiger partial charge in [0, 0.05) is 17.7 Å². The molecule has 0 amide bonds. The van der Waals surface area contributed by atoms with Crippen molar-refractivity contribution >= 4 is 11.5 Å². The van der Waals surface area contributed by atoms with E-state index in [1.807, 2.05) is 0 Å². The van der Waals surface area contributed by atoms with Gasteiger partial charge in [0.1, 0.15) is 6.10 Å². The molecule has 5 nitrogen and oxygen atoms in total. The predicted molar refractivity (Wildman–Crippen MR) is 57.9 cm³/mol. The molecule has 0 heterocycles. The average molecular weight is 221 g/mol. The van der Waals surface area contributed by atoms with E-state index in [0.717, 1.165) is 0 Å². The summed E-state index contributed by atoms with van der Waals surface area (Å²) in [5.74, 6) is -0.348. The number of carbonyl (C=O) groups excluding carboxylic acids is 1. The van der Waals surface area contributed by atoms with Crippen LogP contribution in [-0.2, 0) is 4.79 Å². The molecule has 0 spiro atoms. The highest BCUT2D eigenvalue weighted by molar-refractivity contribution is 5.93. The van der Waals surface area contributed by atoms with Gasteiger partial charge in [-0.15, -0.1) is 0 Å². The lowest BCUT2D eigenvalue weighted by Crippen LogP contribution is -2.07. The van der Waals surface area contributed by atoms with Gasteiger partial charge in [0.25, 0.3) is 5.69 Å². The van der Waals surface area contributed by atoms with Crippen LogP contribution in [0.1, 0.15) is 18.6 Å². The molecule has 1 N–H and O–H groups in total. The summed E-state index contributed by atoms with van der Waals surface area (Å²) >= 11 is 0. The lowest BCUT2D eigenvalue weighted by molar-refractivity contribution is -0.385. The van der Waals surface area contributed by atoms with Crippen LogP contribution in [0.25, 0.3) is 0 Å². The summed E-state index contributed by atoms with van der Waals surface area (Å²) < 4.78 is 0. The Morgan fingerprint density at radius 3 is 2.69 bits per heavy atom. The predicted octanol–water partition coefficient (Wildman–Crippen LogP) is 1.77. The molecule has 0 unspecified atom stereocenters. The van der Waals surface area contributed by atoms with Crippen molar-refractivity contribution in [2.24, 2.45) is 0 Å². The average Bonchev–Trinajstić information content (AvgIpc) is 2.27. The number of aliphatic hydroxyl groups is 1. The molecule has 1 aromatic rings. The van der Waals surface area contributed by atoms with E-state index in [1.165, 1.54) is 31.2 Å². The van der Waals surface area contributed by atoms with Crippen LogP contribution in [0.15, 0.2) is 36.4 Å². The minimum atomic E-state index is -1.20. The molecule has 0 aliphatic carbocycles. The number of non-ortho nitro benzene ring substituents is 1. The number of nitro benzene ring substituents is 1. The summed E-state index contributed by atoms with van der Waals surface area (Å²) in [7, 11) is 0. The molecule has 1 aromatic carbocycles. The van der Waals surface area contributed by atoms with Crippen molar-refractivity contribution in [3.63, 3.8) is 0 Å². The van der Waals surface area contributed by atoms with Crippen LogP contribution in [0.4, 0.5) is 5.69 Å². The van der Waals surface area contributed by atoms with Gasteiger partial charge in [-0.2, -0.15) is 0 Å². The van der Waals surface area contributed by atoms with Gasteiger partial charge in [-0.25, -0.2) is 0 Å². The Morgan fingerprint density at radius 1 is 1.56 bits per heavy atom. The van der Waals surface area contributed by atoms with E-state index in [2.05, 4.69) is 6.58 Å². The highest BCUT2D eigenvalue weighted by Crippen LogP contribution is 2.24. The lowest BCUT2D eigenvalue weighted by atomic mass is 10.00. The van der Waals surface area contributed by atoms with Crippen LogP contribution in [0.2, 0.25) is 0 Å². The molecule has 0 aliphatic heterocycles. The molecule has 16 heavy (non-hydrogen) atoms. The molecular formula is C11H11NO4. The standard InChI is InChI=1S/C11H11NO4/c1-7(8(2)13)11(14)9-4-3-5-10(6-9)12(15)16/h3-6,11,14H,1H2,2H3/t11-/m1/s1. The van der Waals surface area contributed by atoms with Gasteiger partial charge in [0.05, 0.1) is 4.92 Å². The highest BCUT2D eigenvalue weighted by atomic mass is 16.6. The van der Waals surface area contributed by atoms with Crippen molar-refractivity contribution in [3.8, 4) is 0 Å². The first-order valence-corrected chi connectivity index (χ1v) is 4.55. The van der Waals surface area contributed by atoms with E-state index >= 15 is 0 Å². The van der Waals surface area contributed by atoms with Crippen LogP contribution in [0.3, 0.4) is 0 Å². The third-order valence-electron chi connectivity index (χ3n) is 2.18. The van der Waals surface area contributed by atoms with E-state index in [0.29, 0.717) is 0 Å². The summed E-state index contributed by atoms with van der Waals surface area (Å²) in [5, 5.41) is 20.2. The third kappa shape index (κ3) is 2.52. The Morgan fingerprint density at radius 2 is 2.19 bits per heavy atom. The first kappa shape index (κ1) is 12.1. The number of ketones is 1. The second-order valence-electron chi connectivity index (χ2n) is 3.34. The molecule has 84 valence electrons. The number of nitrogens with zero attached hydrogens (tertiary/aromatic N) is 1. The van der Waals surface area contributed by atoms with Gasteiger partial charge >= 0.3 is 0 Å². The van der Waals surface area contributed by atoms with E-state index in [9.17, 15) is 20.0 Å². The molecule has 5 heteroatoms. The van der Waals surface area contributed by atoms with Crippen LogP contribution >= 0.6 is 0 Å². The Kier molecular flexibility index (Phi) is 3.52. The second kappa shape index (κ2) is 4.67. The van der Waals surface area contributed by atoms with Crippen molar-refractivity contribution in [1.29, 1.82) is 0 Å². The number of benzene rings is 1. The monoisotopic (exact) mass is 221 g/mol. The molecule has 0 saturated carbocycles. The number of Topliss-reactive ketones (excluding diaryl/α,β-unsaturated/α-hetero) is 1. The zero-order valence-corrected chi connectivity index (χ0v) is 8.71. The molecule has 1 rings (SSSR count). The van der Waals surface area contributed by atoms with E-state index in [4.69, 9.17) is 0 Å². The lowest BCUT2D eigenvalue weighted by Gasteiger charge is -2.11. The summed E-state index contributed by atoms with van der Waals surface area (Å²) in [5.41, 5.74) is 0.169. The van der Waals surface area contributed by atoms with E-state index < -0.39 is 11.0 Å². The first-order valence-electron chi connectivity index (χ1n) is 4.55. The molecule has 0 bridgehead atoms. The van der Waals surface area contributed by atoms with Crippen LogP contribution in [-0.4, -0.2) is 15.8 Å². The molecule has 0 radical (unpaired) electrons. The number of aliphatic hydroxyl groups excluding tert-OH is 1. The molecule has 0 fully saturated rings. The summed E-state index contributed by atoms with van der Waals surface area (Å²) in [6, 6.07) is 5.49. The minimum Gasteiger partial charge on any atom is -0.384 e. The number of hydrogen-bond donors (Lipinski definition) is 1. The topological polar surface area (TPSA) is 80.4 Å². The van der Waals surface area contributed by atoms with Gasteiger partial charge < -0.3 is 5.11 Å². The molecule has 0 aliphatic rings. The maximum atomic E-state index is 11.0. The van der Waals surface area contributed by atoms with Crippen LogP contribution < -0.4 is 0 Å². The highest BCUT2D eigenvalue weighted by Gasteiger charge is 2.17. The zero-order valence-electron chi connectivity index (χ0n) is 8.71. The Hall–Kier alpha value is -2.01.